The number of hydrogen-bond acceptors (Lipinski definition) is 3. The van der Waals surface area contributed by atoms with Crippen LogP contribution < -0.4 is 5.32 Å². The zero-order valence-electron chi connectivity index (χ0n) is 10.7. The van der Waals surface area contributed by atoms with Gasteiger partial charge in [-0.15, -0.1) is 0 Å². The number of nitrogens with one attached hydrogen (secondary N) is 1. The van der Waals surface area contributed by atoms with Crippen molar-refractivity contribution in [1.82, 2.24) is 9.97 Å². The molecule has 2 aromatic rings. The molecule has 0 fully saturated rings. The largest absolute Gasteiger partial charge is 0.340 e. The summed E-state index contributed by atoms with van der Waals surface area (Å²) in [5, 5.41) is 3.56. The zero-order chi connectivity index (χ0) is 13.1. The highest BCUT2D eigenvalue weighted by molar-refractivity contribution is 6.28. The van der Waals surface area contributed by atoms with E-state index in [2.05, 4.69) is 35.2 Å². The van der Waals surface area contributed by atoms with Crippen molar-refractivity contribution in [2.45, 2.75) is 26.7 Å². The van der Waals surface area contributed by atoms with Crippen LogP contribution in [0.1, 0.15) is 31.0 Å². The van der Waals surface area contributed by atoms with Crippen molar-refractivity contribution in [3.05, 3.63) is 46.9 Å². The van der Waals surface area contributed by atoms with E-state index >= 15 is 0 Å². The lowest BCUT2D eigenvalue weighted by Gasteiger charge is -2.14. The van der Waals surface area contributed by atoms with E-state index in [1.807, 2.05) is 31.2 Å². The Labute approximate surface area is 112 Å². The van der Waals surface area contributed by atoms with Crippen LogP contribution in [0.4, 0.5) is 11.5 Å². The minimum atomic E-state index is 0.263. The Balaban J connectivity index is 2.34. The van der Waals surface area contributed by atoms with E-state index in [4.69, 9.17) is 11.6 Å². The molecule has 94 valence electrons. The Hall–Kier alpha value is -1.61. The summed E-state index contributed by atoms with van der Waals surface area (Å²) in [7, 11) is 0. The fourth-order valence-corrected chi connectivity index (χ4v) is 2.07. The molecular formula is C14H16ClN3. The summed E-state index contributed by atoms with van der Waals surface area (Å²) in [6.45, 7) is 6.23. The Morgan fingerprint density at radius 3 is 2.56 bits per heavy atom. The van der Waals surface area contributed by atoms with Crippen LogP contribution in [0.15, 0.2) is 30.3 Å². The molecule has 0 aliphatic heterocycles. The average Bonchev–Trinajstić information content (AvgIpc) is 2.27. The number of anilines is 2. The smallest absolute Gasteiger partial charge is 0.224 e. The molecule has 18 heavy (non-hydrogen) atoms. The van der Waals surface area contributed by atoms with Gasteiger partial charge in [0.1, 0.15) is 5.82 Å². The molecule has 1 heterocycles. The Kier molecular flexibility index (Phi) is 3.82. The fourth-order valence-electron chi connectivity index (χ4n) is 1.85. The van der Waals surface area contributed by atoms with E-state index in [9.17, 15) is 0 Å². The monoisotopic (exact) mass is 261 g/mol. The van der Waals surface area contributed by atoms with E-state index in [0.29, 0.717) is 5.92 Å². The Bertz CT molecular complexity index is 532. The van der Waals surface area contributed by atoms with Crippen LogP contribution in [0, 0.1) is 6.92 Å². The molecule has 0 radical (unpaired) electrons. The SMILES string of the molecule is Cc1cc(Nc2ccccc2C(C)C)nc(Cl)n1. The summed E-state index contributed by atoms with van der Waals surface area (Å²) >= 11 is 5.86. The van der Waals surface area contributed by atoms with Gasteiger partial charge in [-0.2, -0.15) is 0 Å². The van der Waals surface area contributed by atoms with Crippen LogP contribution in [-0.2, 0) is 0 Å². The second-order valence-electron chi connectivity index (χ2n) is 4.53. The summed E-state index contributed by atoms with van der Waals surface area (Å²) in [6, 6.07) is 10.1. The minimum absolute atomic E-state index is 0.263. The molecule has 0 unspecified atom stereocenters. The number of aromatic nitrogens is 2. The topological polar surface area (TPSA) is 37.8 Å². The predicted octanol–water partition coefficient (Wildman–Crippen LogP) is 4.31. The highest BCUT2D eigenvalue weighted by Crippen LogP contribution is 2.26. The predicted molar refractivity (Wildman–Crippen MR) is 75.6 cm³/mol. The van der Waals surface area contributed by atoms with Crippen molar-refractivity contribution in [3.63, 3.8) is 0 Å². The number of hydrogen-bond donors (Lipinski definition) is 1. The molecule has 0 amide bonds. The minimum Gasteiger partial charge on any atom is -0.340 e. The second kappa shape index (κ2) is 5.36. The van der Waals surface area contributed by atoms with E-state index in [1.54, 1.807) is 0 Å². The first-order valence-corrected chi connectivity index (χ1v) is 6.31. The van der Waals surface area contributed by atoms with Gasteiger partial charge in [0.15, 0.2) is 0 Å². The summed E-state index contributed by atoms with van der Waals surface area (Å²) in [5.74, 6) is 1.17. The molecule has 0 aliphatic carbocycles. The average molecular weight is 262 g/mol. The molecule has 1 aromatic heterocycles. The maximum absolute atomic E-state index is 5.86. The van der Waals surface area contributed by atoms with Crippen molar-refractivity contribution in [1.29, 1.82) is 0 Å². The van der Waals surface area contributed by atoms with Crippen LogP contribution in [-0.4, -0.2) is 9.97 Å². The van der Waals surface area contributed by atoms with Gasteiger partial charge >= 0.3 is 0 Å². The molecule has 0 saturated carbocycles. The normalized spacial score (nSPS) is 10.7. The first kappa shape index (κ1) is 12.8. The van der Waals surface area contributed by atoms with Crippen LogP contribution in [0.25, 0.3) is 0 Å². The van der Waals surface area contributed by atoms with Gasteiger partial charge in [-0.3, -0.25) is 0 Å². The van der Waals surface area contributed by atoms with E-state index < -0.39 is 0 Å². The van der Waals surface area contributed by atoms with Gasteiger partial charge in [0.2, 0.25) is 5.28 Å². The lowest BCUT2D eigenvalue weighted by molar-refractivity contribution is 0.869. The van der Waals surface area contributed by atoms with E-state index in [-0.39, 0.29) is 5.28 Å². The van der Waals surface area contributed by atoms with E-state index in [0.717, 1.165) is 17.2 Å². The molecule has 2 rings (SSSR count). The first-order valence-electron chi connectivity index (χ1n) is 5.93. The van der Waals surface area contributed by atoms with Crippen molar-refractivity contribution in [2.75, 3.05) is 5.32 Å². The van der Waals surface area contributed by atoms with Gasteiger partial charge in [0.25, 0.3) is 0 Å². The van der Waals surface area contributed by atoms with Crippen molar-refractivity contribution < 1.29 is 0 Å². The summed E-state index contributed by atoms with van der Waals surface area (Å²) in [5.41, 5.74) is 3.16. The lowest BCUT2D eigenvalue weighted by Crippen LogP contribution is -2.00. The highest BCUT2D eigenvalue weighted by atomic mass is 35.5. The molecule has 4 heteroatoms. The number of para-hydroxylation sites is 1. The Morgan fingerprint density at radius 2 is 1.89 bits per heavy atom. The molecule has 1 aromatic carbocycles. The Morgan fingerprint density at radius 1 is 1.17 bits per heavy atom. The molecule has 1 N–H and O–H groups in total. The molecule has 0 spiro atoms. The second-order valence-corrected chi connectivity index (χ2v) is 4.87. The van der Waals surface area contributed by atoms with Crippen LogP contribution in [0.2, 0.25) is 5.28 Å². The third kappa shape index (κ3) is 2.99. The van der Waals surface area contributed by atoms with Crippen molar-refractivity contribution >= 4 is 23.1 Å². The van der Waals surface area contributed by atoms with Crippen LogP contribution in [0.5, 0.6) is 0 Å². The molecule has 0 bridgehead atoms. The van der Waals surface area contributed by atoms with Crippen LogP contribution in [0.3, 0.4) is 0 Å². The number of rotatable bonds is 3. The molecule has 3 nitrogen and oxygen atoms in total. The maximum Gasteiger partial charge on any atom is 0.224 e. The zero-order valence-corrected chi connectivity index (χ0v) is 11.5. The molecule has 0 saturated heterocycles. The molecular weight excluding hydrogens is 246 g/mol. The van der Waals surface area contributed by atoms with Gasteiger partial charge in [-0.1, -0.05) is 32.0 Å². The van der Waals surface area contributed by atoms with Crippen molar-refractivity contribution in [2.24, 2.45) is 0 Å². The number of aryl methyl sites for hydroxylation is 1. The highest BCUT2D eigenvalue weighted by Gasteiger charge is 2.07. The van der Waals surface area contributed by atoms with Gasteiger partial charge in [0.05, 0.1) is 0 Å². The fraction of sp³-hybridized carbons (Fsp3) is 0.286. The maximum atomic E-state index is 5.86. The van der Waals surface area contributed by atoms with Crippen LogP contribution >= 0.6 is 11.6 Å². The van der Waals surface area contributed by atoms with Gasteiger partial charge in [-0.05, 0) is 36.1 Å². The van der Waals surface area contributed by atoms with Gasteiger partial charge < -0.3 is 5.32 Å². The van der Waals surface area contributed by atoms with E-state index in [1.165, 1.54) is 5.56 Å². The summed E-state index contributed by atoms with van der Waals surface area (Å²) in [6.07, 6.45) is 0. The number of nitrogens with zero attached hydrogens (tertiary/aromatic N) is 2. The summed E-state index contributed by atoms with van der Waals surface area (Å²) in [4.78, 5) is 8.22. The number of benzene rings is 1. The summed E-state index contributed by atoms with van der Waals surface area (Å²) < 4.78 is 0. The van der Waals surface area contributed by atoms with Crippen molar-refractivity contribution in [3.8, 4) is 0 Å². The molecule has 0 atom stereocenters. The standard InChI is InChI=1S/C14H16ClN3/c1-9(2)11-6-4-5-7-12(11)17-13-8-10(3)16-14(15)18-13/h4-9H,1-3H3,(H,16,17,18). The first-order chi connectivity index (χ1) is 8.56. The third-order valence-electron chi connectivity index (χ3n) is 2.67. The third-order valence-corrected chi connectivity index (χ3v) is 2.84. The van der Waals surface area contributed by atoms with Gasteiger partial charge in [0, 0.05) is 17.4 Å². The molecule has 0 aliphatic rings. The lowest BCUT2D eigenvalue weighted by atomic mass is 10.0. The quantitative estimate of drug-likeness (QED) is 0.837. The van der Waals surface area contributed by atoms with Gasteiger partial charge in [-0.25, -0.2) is 9.97 Å². The number of halogens is 1.